The van der Waals surface area contributed by atoms with Gasteiger partial charge in [0.2, 0.25) is 5.96 Å². The quantitative estimate of drug-likeness (QED) is 0.823. The number of benzene rings is 1. The van der Waals surface area contributed by atoms with Crippen molar-refractivity contribution in [2.75, 3.05) is 18.4 Å². The molecular weight excluding hydrogens is 263 g/mol. The van der Waals surface area contributed by atoms with E-state index >= 15 is 0 Å². The predicted octanol–water partition coefficient (Wildman–Crippen LogP) is 2.16. The Morgan fingerprint density at radius 2 is 2.06 bits per heavy atom. The lowest BCUT2D eigenvalue weighted by molar-refractivity contribution is 0.232. The molecule has 90 valence electrons. The van der Waals surface area contributed by atoms with Crippen LogP contribution in [0.2, 0.25) is 10.0 Å². The summed E-state index contributed by atoms with van der Waals surface area (Å²) in [5, 5.41) is 3.83. The van der Waals surface area contributed by atoms with Crippen molar-refractivity contribution < 1.29 is 4.79 Å². The summed E-state index contributed by atoms with van der Waals surface area (Å²) in [6.45, 7) is 0.965. The summed E-state index contributed by atoms with van der Waals surface area (Å²) in [6, 6.07) is 4.56. The van der Waals surface area contributed by atoms with Gasteiger partial charge in [0.1, 0.15) is 0 Å². The summed E-state index contributed by atoms with van der Waals surface area (Å²) in [4.78, 5) is 16.6. The van der Waals surface area contributed by atoms with Gasteiger partial charge in [0.05, 0.1) is 28.8 Å². The van der Waals surface area contributed by atoms with Gasteiger partial charge in [-0.2, -0.15) is 0 Å². The molecule has 17 heavy (non-hydrogen) atoms. The molecule has 0 aromatic heterocycles. The van der Waals surface area contributed by atoms with Crippen LogP contribution in [0.15, 0.2) is 23.2 Å². The number of amides is 2. The summed E-state index contributed by atoms with van der Waals surface area (Å²) in [6.07, 6.45) is 0. The Hall–Kier alpha value is -1.46. The molecule has 0 bridgehead atoms. The van der Waals surface area contributed by atoms with E-state index in [0.29, 0.717) is 34.8 Å². The first kappa shape index (κ1) is 12.0. The molecule has 3 N–H and O–H groups in total. The molecule has 1 aliphatic heterocycles. The van der Waals surface area contributed by atoms with Crippen LogP contribution in [-0.2, 0) is 0 Å². The third-order valence-electron chi connectivity index (χ3n) is 2.31. The van der Waals surface area contributed by atoms with E-state index < -0.39 is 6.03 Å². The van der Waals surface area contributed by atoms with Gasteiger partial charge in [-0.3, -0.25) is 9.89 Å². The summed E-state index contributed by atoms with van der Waals surface area (Å²) in [7, 11) is 0. The standard InChI is InChI=1S/C10H10Cl2N4O/c11-6-2-1-3-7(12)8(6)15-10-14-4-5-16(10)9(13)17/h1-3H,4-5H2,(H2,13,17)(H,14,15). The van der Waals surface area contributed by atoms with Crippen molar-refractivity contribution in [1.82, 2.24) is 4.90 Å². The molecule has 0 aliphatic carbocycles. The number of nitrogens with zero attached hydrogens (tertiary/aromatic N) is 2. The SMILES string of the molecule is NC(=O)N1CCN=C1Nc1c(Cl)cccc1Cl. The van der Waals surface area contributed by atoms with E-state index in [0.717, 1.165) is 0 Å². The molecule has 5 nitrogen and oxygen atoms in total. The summed E-state index contributed by atoms with van der Waals surface area (Å²) in [5.74, 6) is 0.368. The second kappa shape index (κ2) is 4.81. The number of nitrogens with one attached hydrogen (secondary N) is 1. The minimum atomic E-state index is -0.558. The number of hydrogen-bond donors (Lipinski definition) is 2. The van der Waals surface area contributed by atoms with E-state index in [1.54, 1.807) is 18.2 Å². The number of primary amides is 1. The van der Waals surface area contributed by atoms with Crippen LogP contribution in [0.3, 0.4) is 0 Å². The lowest BCUT2D eigenvalue weighted by Gasteiger charge is -2.17. The number of carbonyl (C=O) groups is 1. The van der Waals surface area contributed by atoms with Crippen LogP contribution < -0.4 is 11.1 Å². The van der Waals surface area contributed by atoms with Crippen molar-refractivity contribution in [3.63, 3.8) is 0 Å². The van der Waals surface area contributed by atoms with Gasteiger partial charge < -0.3 is 11.1 Å². The highest BCUT2D eigenvalue weighted by Gasteiger charge is 2.22. The number of nitrogens with two attached hydrogens (primary N) is 1. The third kappa shape index (κ3) is 2.45. The van der Waals surface area contributed by atoms with Gasteiger partial charge in [0.15, 0.2) is 0 Å². The Balaban J connectivity index is 2.24. The Morgan fingerprint density at radius 1 is 1.41 bits per heavy atom. The summed E-state index contributed by atoms with van der Waals surface area (Å²) < 4.78 is 0. The predicted molar refractivity (Wildman–Crippen MR) is 68.7 cm³/mol. The van der Waals surface area contributed by atoms with Crippen LogP contribution in [0.25, 0.3) is 0 Å². The Bertz CT molecular complexity index is 469. The largest absolute Gasteiger partial charge is 0.351 e. The van der Waals surface area contributed by atoms with Crippen LogP contribution in [0.5, 0.6) is 0 Å². The maximum atomic E-state index is 11.1. The van der Waals surface area contributed by atoms with Crippen molar-refractivity contribution >= 4 is 40.9 Å². The van der Waals surface area contributed by atoms with Crippen molar-refractivity contribution in [3.8, 4) is 0 Å². The van der Waals surface area contributed by atoms with Crippen LogP contribution in [0.4, 0.5) is 10.5 Å². The van der Waals surface area contributed by atoms with Crippen LogP contribution >= 0.6 is 23.2 Å². The number of anilines is 1. The smallest absolute Gasteiger partial charge is 0.321 e. The molecule has 0 fully saturated rings. The molecule has 0 radical (unpaired) electrons. The zero-order valence-corrected chi connectivity index (χ0v) is 10.3. The Labute approximate surface area is 108 Å². The number of rotatable bonds is 1. The number of guanidine groups is 1. The van der Waals surface area contributed by atoms with E-state index in [1.807, 2.05) is 0 Å². The number of carbonyl (C=O) groups excluding carboxylic acids is 1. The summed E-state index contributed by atoms with van der Waals surface area (Å²) in [5.41, 5.74) is 5.73. The molecule has 1 aliphatic rings. The summed E-state index contributed by atoms with van der Waals surface area (Å²) >= 11 is 12.0. The molecule has 1 aromatic carbocycles. The molecule has 2 rings (SSSR count). The highest BCUT2D eigenvalue weighted by molar-refractivity contribution is 6.39. The molecule has 2 amide bonds. The molecule has 0 saturated heterocycles. The van der Waals surface area contributed by atoms with Crippen molar-refractivity contribution in [1.29, 1.82) is 0 Å². The van der Waals surface area contributed by atoms with E-state index in [1.165, 1.54) is 4.90 Å². The maximum absolute atomic E-state index is 11.1. The lowest BCUT2D eigenvalue weighted by Crippen LogP contribution is -2.41. The Kier molecular flexibility index (Phi) is 3.40. The topological polar surface area (TPSA) is 70.7 Å². The number of urea groups is 1. The first-order valence-corrected chi connectivity index (χ1v) is 5.67. The van der Waals surface area contributed by atoms with Crippen LogP contribution in [-0.4, -0.2) is 30.0 Å². The van der Waals surface area contributed by atoms with Gasteiger partial charge in [-0.25, -0.2) is 4.79 Å². The highest BCUT2D eigenvalue weighted by Crippen LogP contribution is 2.30. The monoisotopic (exact) mass is 272 g/mol. The average molecular weight is 273 g/mol. The van der Waals surface area contributed by atoms with Crippen molar-refractivity contribution in [2.45, 2.75) is 0 Å². The van der Waals surface area contributed by atoms with Gasteiger partial charge >= 0.3 is 6.03 Å². The van der Waals surface area contributed by atoms with Gasteiger partial charge in [-0.15, -0.1) is 0 Å². The number of para-hydroxylation sites is 1. The third-order valence-corrected chi connectivity index (χ3v) is 2.94. The van der Waals surface area contributed by atoms with E-state index in [2.05, 4.69) is 10.3 Å². The first-order valence-electron chi connectivity index (χ1n) is 4.92. The second-order valence-electron chi connectivity index (χ2n) is 3.42. The van der Waals surface area contributed by atoms with Gasteiger partial charge in [-0.1, -0.05) is 29.3 Å². The zero-order chi connectivity index (χ0) is 12.4. The van der Waals surface area contributed by atoms with Crippen molar-refractivity contribution in [3.05, 3.63) is 28.2 Å². The fourth-order valence-electron chi connectivity index (χ4n) is 1.50. The van der Waals surface area contributed by atoms with Gasteiger partial charge in [0, 0.05) is 0 Å². The second-order valence-corrected chi connectivity index (χ2v) is 4.23. The Morgan fingerprint density at radius 3 is 2.65 bits per heavy atom. The minimum Gasteiger partial charge on any atom is -0.351 e. The van der Waals surface area contributed by atoms with Crippen molar-refractivity contribution in [2.24, 2.45) is 10.7 Å². The van der Waals surface area contributed by atoms with Crippen LogP contribution in [0.1, 0.15) is 0 Å². The minimum absolute atomic E-state index is 0.368. The zero-order valence-electron chi connectivity index (χ0n) is 8.78. The number of halogens is 2. The molecule has 0 atom stereocenters. The fourth-order valence-corrected chi connectivity index (χ4v) is 1.99. The van der Waals surface area contributed by atoms with Gasteiger partial charge in [-0.05, 0) is 12.1 Å². The van der Waals surface area contributed by atoms with Crippen LogP contribution in [0, 0.1) is 0 Å². The molecule has 1 heterocycles. The molecule has 0 unspecified atom stereocenters. The fraction of sp³-hybridized carbons (Fsp3) is 0.200. The van der Waals surface area contributed by atoms with Gasteiger partial charge in [0.25, 0.3) is 0 Å². The number of hydrogen-bond acceptors (Lipinski definition) is 3. The first-order chi connectivity index (χ1) is 8.09. The molecule has 1 aromatic rings. The number of aliphatic imine (C=N–C) groups is 1. The average Bonchev–Trinajstić information content (AvgIpc) is 2.72. The van der Waals surface area contributed by atoms with E-state index in [9.17, 15) is 4.79 Å². The molecule has 0 spiro atoms. The highest BCUT2D eigenvalue weighted by atomic mass is 35.5. The lowest BCUT2D eigenvalue weighted by atomic mass is 10.3. The molecule has 0 saturated carbocycles. The van der Waals surface area contributed by atoms with E-state index in [-0.39, 0.29) is 0 Å². The van der Waals surface area contributed by atoms with E-state index in [4.69, 9.17) is 28.9 Å². The molecular formula is C10H10Cl2N4O. The maximum Gasteiger partial charge on any atom is 0.321 e. The molecule has 7 heteroatoms. The normalized spacial score (nSPS) is 14.7.